The third-order valence-corrected chi connectivity index (χ3v) is 3.61. The highest BCUT2D eigenvalue weighted by molar-refractivity contribution is 5.93. The van der Waals surface area contributed by atoms with Crippen LogP contribution in [0.3, 0.4) is 0 Å². The van der Waals surface area contributed by atoms with Crippen LogP contribution in [-0.4, -0.2) is 21.5 Å². The van der Waals surface area contributed by atoms with Gasteiger partial charge in [0.1, 0.15) is 5.75 Å². The van der Waals surface area contributed by atoms with E-state index in [1.807, 2.05) is 6.92 Å². The molecule has 134 valence electrons. The monoisotopic (exact) mass is 360 g/mol. The molecule has 0 saturated heterocycles. The summed E-state index contributed by atoms with van der Waals surface area (Å²) in [4.78, 5) is 18.9. The number of non-ortho nitro benzene ring substituents is 1. The summed E-state index contributed by atoms with van der Waals surface area (Å²) in [7, 11) is 0. The molecule has 3 rings (SSSR count). The molecule has 0 aliphatic carbocycles. The quantitative estimate of drug-likeness (QED) is 0.527. The van der Waals surface area contributed by atoms with Crippen LogP contribution in [0.15, 0.2) is 42.6 Å². The van der Waals surface area contributed by atoms with Gasteiger partial charge in [0, 0.05) is 28.9 Å². The number of nitrogens with one attached hydrogen (secondary N) is 1. The van der Waals surface area contributed by atoms with Crippen LogP contribution in [0.1, 0.15) is 11.4 Å². The Bertz CT molecular complexity index is 949. The number of rotatable bonds is 6. The van der Waals surface area contributed by atoms with Crippen molar-refractivity contribution in [3.8, 4) is 5.75 Å². The van der Waals surface area contributed by atoms with Crippen molar-refractivity contribution in [2.75, 3.05) is 5.32 Å². The van der Waals surface area contributed by atoms with Gasteiger partial charge in [-0.05, 0) is 31.2 Å². The zero-order valence-corrected chi connectivity index (χ0v) is 13.6. The minimum Gasteiger partial charge on any atom is -0.433 e. The van der Waals surface area contributed by atoms with E-state index in [2.05, 4.69) is 20.0 Å². The number of aromatic nitrogens is 2. The Kier molecular flexibility index (Phi) is 4.87. The zero-order chi connectivity index (χ0) is 18.7. The number of nitrogens with zero attached hydrogens (tertiary/aromatic N) is 3. The van der Waals surface area contributed by atoms with Gasteiger partial charge in [0.2, 0.25) is 0 Å². The Morgan fingerprint density at radius 2 is 2.08 bits per heavy atom. The Labute approximate surface area is 146 Å². The Balaban J connectivity index is 1.83. The third kappa shape index (κ3) is 4.00. The number of anilines is 1. The van der Waals surface area contributed by atoms with E-state index in [-0.39, 0.29) is 11.4 Å². The van der Waals surface area contributed by atoms with Crippen molar-refractivity contribution in [3.05, 3.63) is 64.1 Å². The van der Waals surface area contributed by atoms with Gasteiger partial charge in [-0.1, -0.05) is 0 Å². The first-order valence-corrected chi connectivity index (χ1v) is 7.62. The van der Waals surface area contributed by atoms with E-state index in [0.29, 0.717) is 28.8 Å². The highest BCUT2D eigenvalue weighted by atomic mass is 19.3. The number of hydrogen-bond acceptors (Lipinski definition) is 6. The molecule has 0 amide bonds. The first-order chi connectivity index (χ1) is 12.4. The van der Waals surface area contributed by atoms with E-state index in [4.69, 9.17) is 0 Å². The Morgan fingerprint density at radius 1 is 1.27 bits per heavy atom. The van der Waals surface area contributed by atoms with E-state index in [9.17, 15) is 18.9 Å². The minimum absolute atomic E-state index is 0.0235. The maximum absolute atomic E-state index is 12.1. The lowest BCUT2D eigenvalue weighted by Crippen LogP contribution is -2.05. The van der Waals surface area contributed by atoms with Crippen LogP contribution in [0.25, 0.3) is 10.9 Å². The number of aryl methyl sites for hydroxylation is 1. The molecule has 2 aromatic heterocycles. The lowest BCUT2D eigenvalue weighted by atomic mass is 10.1. The molecular formula is C17H14F2N4O3. The molecule has 0 spiro atoms. The summed E-state index contributed by atoms with van der Waals surface area (Å²) < 4.78 is 28.6. The molecule has 0 aliphatic rings. The van der Waals surface area contributed by atoms with Crippen LogP contribution in [-0.2, 0) is 6.54 Å². The van der Waals surface area contributed by atoms with Crippen LogP contribution in [0.2, 0.25) is 0 Å². The highest BCUT2D eigenvalue weighted by Crippen LogP contribution is 2.27. The van der Waals surface area contributed by atoms with Gasteiger partial charge in [0.15, 0.2) is 0 Å². The van der Waals surface area contributed by atoms with Gasteiger partial charge in [-0.15, -0.1) is 0 Å². The molecule has 0 saturated carbocycles. The van der Waals surface area contributed by atoms with Gasteiger partial charge in [0.05, 0.1) is 28.9 Å². The van der Waals surface area contributed by atoms with E-state index < -0.39 is 11.5 Å². The summed E-state index contributed by atoms with van der Waals surface area (Å²) >= 11 is 0. The zero-order valence-electron chi connectivity index (χ0n) is 13.6. The molecule has 0 radical (unpaired) electrons. The first kappa shape index (κ1) is 17.5. The highest BCUT2D eigenvalue weighted by Gasteiger charge is 2.11. The summed E-state index contributed by atoms with van der Waals surface area (Å²) in [6, 6.07) is 9.19. The van der Waals surface area contributed by atoms with E-state index >= 15 is 0 Å². The maximum Gasteiger partial charge on any atom is 0.387 e. The largest absolute Gasteiger partial charge is 0.433 e. The van der Waals surface area contributed by atoms with Crippen molar-refractivity contribution in [3.63, 3.8) is 0 Å². The molecule has 2 heterocycles. The van der Waals surface area contributed by atoms with Crippen LogP contribution in [0.5, 0.6) is 5.75 Å². The van der Waals surface area contributed by atoms with Gasteiger partial charge in [-0.3, -0.25) is 20.1 Å². The van der Waals surface area contributed by atoms with Crippen molar-refractivity contribution in [2.24, 2.45) is 0 Å². The fraction of sp³-hybridized carbons (Fsp3) is 0.176. The predicted molar refractivity (Wildman–Crippen MR) is 91.3 cm³/mol. The number of ether oxygens (including phenoxy) is 1. The van der Waals surface area contributed by atoms with Gasteiger partial charge >= 0.3 is 6.61 Å². The number of benzene rings is 1. The van der Waals surface area contributed by atoms with Crippen LogP contribution < -0.4 is 10.1 Å². The van der Waals surface area contributed by atoms with Gasteiger partial charge < -0.3 is 10.1 Å². The predicted octanol–water partition coefficient (Wildman–Crippen LogP) is 4.06. The molecule has 1 N–H and O–H groups in total. The molecule has 0 aliphatic heterocycles. The van der Waals surface area contributed by atoms with Crippen molar-refractivity contribution >= 4 is 22.3 Å². The molecule has 0 bridgehead atoms. The Morgan fingerprint density at radius 3 is 2.73 bits per heavy atom. The number of alkyl halides is 2. The van der Waals surface area contributed by atoms with Crippen molar-refractivity contribution in [1.29, 1.82) is 0 Å². The number of nitro benzene ring substituents is 1. The summed E-state index contributed by atoms with van der Waals surface area (Å²) in [5, 5.41) is 14.8. The number of halogens is 2. The van der Waals surface area contributed by atoms with Crippen LogP contribution >= 0.6 is 0 Å². The molecule has 7 nitrogen and oxygen atoms in total. The number of nitro groups is 1. The smallest absolute Gasteiger partial charge is 0.387 e. The second kappa shape index (κ2) is 7.26. The summed E-state index contributed by atoms with van der Waals surface area (Å²) in [5.41, 5.74) is 2.62. The van der Waals surface area contributed by atoms with Gasteiger partial charge in [0.25, 0.3) is 5.69 Å². The first-order valence-electron chi connectivity index (χ1n) is 7.62. The van der Waals surface area contributed by atoms with Crippen LogP contribution in [0, 0.1) is 17.0 Å². The molecule has 26 heavy (non-hydrogen) atoms. The SMILES string of the molecule is Cc1cc(NCc2ccc(OC(F)F)cn2)c2cc([N+](=O)[O-])ccc2n1. The summed E-state index contributed by atoms with van der Waals surface area (Å²) in [5.74, 6) is -0.0235. The van der Waals surface area contributed by atoms with Crippen molar-refractivity contribution in [2.45, 2.75) is 20.1 Å². The lowest BCUT2D eigenvalue weighted by Gasteiger charge is -2.11. The summed E-state index contributed by atoms with van der Waals surface area (Å²) in [6.07, 6.45) is 1.21. The van der Waals surface area contributed by atoms with Crippen molar-refractivity contribution in [1.82, 2.24) is 9.97 Å². The van der Waals surface area contributed by atoms with E-state index in [0.717, 1.165) is 5.69 Å². The molecule has 0 fully saturated rings. The number of fused-ring (bicyclic) bond motifs is 1. The lowest BCUT2D eigenvalue weighted by molar-refractivity contribution is -0.384. The average Bonchev–Trinajstić information content (AvgIpc) is 2.59. The fourth-order valence-electron chi connectivity index (χ4n) is 2.48. The van der Waals surface area contributed by atoms with E-state index in [1.165, 1.54) is 24.4 Å². The maximum atomic E-state index is 12.1. The third-order valence-electron chi connectivity index (χ3n) is 3.61. The molecule has 9 heteroatoms. The minimum atomic E-state index is -2.90. The average molecular weight is 360 g/mol. The number of hydrogen-bond donors (Lipinski definition) is 1. The Hall–Kier alpha value is -3.36. The van der Waals surface area contributed by atoms with Gasteiger partial charge in [-0.2, -0.15) is 8.78 Å². The molecule has 1 aromatic carbocycles. The van der Waals surface area contributed by atoms with E-state index in [1.54, 1.807) is 18.2 Å². The summed E-state index contributed by atoms with van der Waals surface area (Å²) in [6.45, 7) is -0.778. The second-order valence-electron chi connectivity index (χ2n) is 5.49. The fourth-order valence-corrected chi connectivity index (χ4v) is 2.48. The van der Waals surface area contributed by atoms with Crippen LogP contribution in [0.4, 0.5) is 20.2 Å². The topological polar surface area (TPSA) is 90.2 Å². The molecular weight excluding hydrogens is 346 g/mol. The number of pyridine rings is 2. The molecule has 0 unspecified atom stereocenters. The van der Waals surface area contributed by atoms with Crippen molar-refractivity contribution < 1.29 is 18.4 Å². The molecule has 0 atom stereocenters. The second-order valence-corrected chi connectivity index (χ2v) is 5.49. The molecule has 3 aromatic rings. The standard InChI is InChI=1S/C17H14F2N4O3/c1-10-6-16(14-7-12(23(24)25)3-5-15(14)22-10)21-8-11-2-4-13(9-20-11)26-17(18)19/h2-7,9,17H,8H2,1H3,(H,21,22). The normalized spacial score (nSPS) is 10.9. The van der Waals surface area contributed by atoms with Gasteiger partial charge in [-0.25, -0.2) is 0 Å².